The molecule has 2 aromatic carbocycles. The molecule has 166 valence electrons. The maximum atomic E-state index is 11.8. The van der Waals surface area contributed by atoms with Crippen molar-refractivity contribution in [3.05, 3.63) is 41.6 Å². The molecular weight excluding hydrogens is 434 g/mol. The highest BCUT2D eigenvalue weighted by atomic mass is 35.5. The van der Waals surface area contributed by atoms with E-state index in [9.17, 15) is 4.79 Å². The first kappa shape index (κ1) is 21.4. The number of hydrogen-bond donors (Lipinski definition) is 4. The monoisotopic (exact) mass is 455 g/mol. The lowest BCUT2D eigenvalue weighted by Crippen LogP contribution is -2.34. The fourth-order valence-electron chi connectivity index (χ4n) is 3.09. The second-order valence-corrected chi connectivity index (χ2v) is 7.65. The number of methoxy groups -OCH3 is 1. The summed E-state index contributed by atoms with van der Waals surface area (Å²) < 4.78 is 11.0. The summed E-state index contributed by atoms with van der Waals surface area (Å²) >= 11 is 6.45. The van der Waals surface area contributed by atoms with Crippen molar-refractivity contribution >= 4 is 40.0 Å². The number of nitrogens with zero attached hydrogens (tertiary/aromatic N) is 3. The second-order valence-electron chi connectivity index (χ2n) is 7.27. The van der Waals surface area contributed by atoms with E-state index in [4.69, 9.17) is 21.1 Å². The molecule has 4 N–H and O–H groups in total. The van der Waals surface area contributed by atoms with Gasteiger partial charge in [-0.3, -0.25) is 15.0 Å². The van der Waals surface area contributed by atoms with E-state index in [1.165, 1.54) is 7.11 Å². The molecule has 0 atom stereocenters. The number of amides is 1. The van der Waals surface area contributed by atoms with E-state index in [2.05, 4.69) is 36.0 Å². The summed E-state index contributed by atoms with van der Waals surface area (Å²) in [7, 11) is 1.53. The minimum absolute atomic E-state index is 0.0427. The predicted molar refractivity (Wildman–Crippen MR) is 122 cm³/mol. The summed E-state index contributed by atoms with van der Waals surface area (Å²) in [6.45, 7) is 3.67. The molecule has 2 heterocycles. The normalized spacial score (nSPS) is 11.0. The average Bonchev–Trinajstić information content (AvgIpc) is 3.43. The first-order chi connectivity index (χ1) is 15.4. The number of hydrogen-bond acceptors (Lipinski definition) is 7. The van der Waals surface area contributed by atoms with Crippen LogP contribution < -0.4 is 20.1 Å². The Kier molecular flexibility index (Phi) is 6.13. The van der Waals surface area contributed by atoms with Gasteiger partial charge in [0.2, 0.25) is 5.95 Å². The number of anilines is 2. The third-order valence-electron chi connectivity index (χ3n) is 4.54. The largest absolute Gasteiger partial charge is 0.493 e. The number of ether oxygens (including phenoxy) is 2. The van der Waals surface area contributed by atoms with E-state index in [-0.39, 0.29) is 18.6 Å². The zero-order valence-electron chi connectivity index (χ0n) is 17.7. The van der Waals surface area contributed by atoms with E-state index in [1.807, 2.05) is 26.0 Å². The third-order valence-corrected chi connectivity index (χ3v) is 4.94. The fraction of sp³-hybridized carbons (Fsp3) is 0.238. The van der Waals surface area contributed by atoms with Gasteiger partial charge in [-0.1, -0.05) is 11.6 Å². The van der Waals surface area contributed by atoms with Crippen LogP contribution in [0.15, 0.2) is 36.5 Å². The van der Waals surface area contributed by atoms with Gasteiger partial charge in [-0.2, -0.15) is 10.1 Å². The molecule has 10 nitrogen and oxygen atoms in total. The zero-order valence-corrected chi connectivity index (χ0v) is 18.4. The molecule has 0 radical (unpaired) electrons. The summed E-state index contributed by atoms with van der Waals surface area (Å²) in [6, 6.07) is 9.01. The molecule has 0 saturated heterocycles. The third kappa shape index (κ3) is 4.59. The van der Waals surface area contributed by atoms with Crippen molar-refractivity contribution in [3.63, 3.8) is 0 Å². The number of nitrogens with one attached hydrogen (secondary N) is 4. The Morgan fingerprint density at radius 3 is 2.81 bits per heavy atom. The van der Waals surface area contributed by atoms with Gasteiger partial charge in [0.05, 0.1) is 29.5 Å². The van der Waals surface area contributed by atoms with Crippen LogP contribution in [0.25, 0.3) is 22.3 Å². The Hall–Kier alpha value is -3.79. The van der Waals surface area contributed by atoms with Crippen LogP contribution in [-0.4, -0.2) is 51.0 Å². The number of aromatic nitrogens is 5. The molecule has 0 fully saturated rings. The second kappa shape index (κ2) is 9.15. The Morgan fingerprint density at radius 2 is 2.03 bits per heavy atom. The van der Waals surface area contributed by atoms with Crippen LogP contribution >= 0.6 is 11.6 Å². The predicted octanol–water partition coefficient (Wildman–Crippen LogP) is 3.66. The van der Waals surface area contributed by atoms with Crippen LogP contribution in [0.2, 0.25) is 5.02 Å². The zero-order chi connectivity index (χ0) is 22.7. The van der Waals surface area contributed by atoms with Crippen molar-refractivity contribution in [1.29, 1.82) is 0 Å². The summed E-state index contributed by atoms with van der Waals surface area (Å²) in [6.07, 6.45) is 1.66. The SMILES string of the molecule is COc1cc(-c2nc(Nc3ccc4[nH]ncc4c3Cl)n[nH]2)ccc1OCC(=O)NC(C)C. The highest BCUT2D eigenvalue weighted by Gasteiger charge is 2.14. The molecule has 0 saturated carbocycles. The van der Waals surface area contributed by atoms with Crippen LogP contribution in [0.1, 0.15) is 13.8 Å². The molecule has 32 heavy (non-hydrogen) atoms. The van der Waals surface area contributed by atoms with E-state index in [0.29, 0.717) is 34.0 Å². The average molecular weight is 456 g/mol. The lowest BCUT2D eigenvalue weighted by atomic mass is 10.2. The number of aromatic amines is 2. The smallest absolute Gasteiger partial charge is 0.258 e. The molecule has 0 bridgehead atoms. The van der Waals surface area contributed by atoms with Crippen LogP contribution in [0.4, 0.5) is 11.6 Å². The van der Waals surface area contributed by atoms with E-state index >= 15 is 0 Å². The minimum Gasteiger partial charge on any atom is -0.493 e. The Balaban J connectivity index is 1.49. The lowest BCUT2D eigenvalue weighted by molar-refractivity contribution is -0.123. The standard InChI is InChI=1S/C21H22ClN7O3/c1-11(2)24-18(30)10-32-16-7-4-12(8-17(16)31-3)20-26-21(29-28-20)25-15-6-5-14-13(19(15)22)9-23-27-14/h4-9,11H,10H2,1-3H3,(H,23,27)(H,24,30)(H2,25,26,28,29). The molecule has 0 aliphatic carbocycles. The minimum atomic E-state index is -0.204. The highest BCUT2D eigenvalue weighted by Crippen LogP contribution is 2.33. The van der Waals surface area contributed by atoms with Crippen molar-refractivity contribution in [3.8, 4) is 22.9 Å². The molecule has 11 heteroatoms. The van der Waals surface area contributed by atoms with Crippen molar-refractivity contribution in [2.75, 3.05) is 19.0 Å². The van der Waals surface area contributed by atoms with Crippen LogP contribution in [-0.2, 0) is 4.79 Å². The topological polar surface area (TPSA) is 130 Å². The Bertz CT molecular complexity index is 1250. The number of H-pyrrole nitrogens is 2. The van der Waals surface area contributed by atoms with Gasteiger partial charge in [0.25, 0.3) is 5.91 Å². The Morgan fingerprint density at radius 1 is 1.19 bits per heavy atom. The van der Waals surface area contributed by atoms with Gasteiger partial charge in [0, 0.05) is 17.0 Å². The van der Waals surface area contributed by atoms with Crippen molar-refractivity contribution in [2.24, 2.45) is 0 Å². The van der Waals surface area contributed by atoms with Crippen molar-refractivity contribution < 1.29 is 14.3 Å². The number of halogens is 1. The summed E-state index contributed by atoms with van der Waals surface area (Å²) in [5.41, 5.74) is 2.23. The van der Waals surface area contributed by atoms with E-state index < -0.39 is 0 Å². The number of carbonyl (C=O) groups is 1. The quantitative estimate of drug-likeness (QED) is 0.319. The van der Waals surface area contributed by atoms with Crippen LogP contribution in [0.3, 0.4) is 0 Å². The van der Waals surface area contributed by atoms with E-state index in [0.717, 1.165) is 16.5 Å². The molecule has 0 aliphatic rings. The molecular formula is C21H22ClN7O3. The van der Waals surface area contributed by atoms with Crippen LogP contribution in [0, 0.1) is 0 Å². The first-order valence-electron chi connectivity index (χ1n) is 9.86. The highest BCUT2D eigenvalue weighted by molar-refractivity contribution is 6.38. The molecule has 4 rings (SSSR count). The van der Waals surface area contributed by atoms with Gasteiger partial charge < -0.3 is 20.1 Å². The van der Waals surface area contributed by atoms with E-state index in [1.54, 1.807) is 24.4 Å². The summed E-state index contributed by atoms with van der Waals surface area (Å²) in [5, 5.41) is 21.2. The number of carbonyl (C=O) groups excluding carboxylic acids is 1. The molecule has 4 aromatic rings. The lowest BCUT2D eigenvalue weighted by Gasteiger charge is -2.12. The first-order valence-corrected chi connectivity index (χ1v) is 10.2. The van der Waals surface area contributed by atoms with Crippen LogP contribution in [0.5, 0.6) is 11.5 Å². The van der Waals surface area contributed by atoms with Gasteiger partial charge in [-0.05, 0) is 44.2 Å². The molecule has 1 amide bonds. The number of fused-ring (bicyclic) bond motifs is 1. The molecule has 0 unspecified atom stereocenters. The fourth-order valence-corrected chi connectivity index (χ4v) is 3.35. The number of rotatable bonds is 8. The van der Waals surface area contributed by atoms with Gasteiger partial charge in [-0.15, -0.1) is 5.10 Å². The molecule has 0 aliphatic heterocycles. The Labute approximate surface area is 188 Å². The molecule has 2 aromatic heterocycles. The van der Waals surface area contributed by atoms with Crippen molar-refractivity contribution in [2.45, 2.75) is 19.9 Å². The summed E-state index contributed by atoms with van der Waals surface area (Å²) in [4.78, 5) is 16.3. The maximum Gasteiger partial charge on any atom is 0.258 e. The van der Waals surface area contributed by atoms with Gasteiger partial charge in [0.1, 0.15) is 0 Å². The van der Waals surface area contributed by atoms with Gasteiger partial charge in [-0.25, -0.2) is 0 Å². The summed E-state index contributed by atoms with van der Waals surface area (Å²) in [5.74, 6) is 1.60. The van der Waals surface area contributed by atoms with Gasteiger partial charge >= 0.3 is 0 Å². The number of benzene rings is 2. The maximum absolute atomic E-state index is 11.8. The molecule has 0 spiro atoms. The van der Waals surface area contributed by atoms with Gasteiger partial charge in [0.15, 0.2) is 23.9 Å². The van der Waals surface area contributed by atoms with Crippen molar-refractivity contribution in [1.82, 2.24) is 30.7 Å².